The van der Waals surface area contributed by atoms with Crippen LogP contribution in [0.5, 0.6) is 5.75 Å². The Bertz CT molecular complexity index is 606. The molecule has 1 aromatic carbocycles. The predicted octanol–water partition coefficient (Wildman–Crippen LogP) is 1.94. The Labute approximate surface area is 164 Å². The molecule has 26 heavy (non-hydrogen) atoms. The molecule has 1 atom stereocenters. The molecule has 1 saturated heterocycles. The molecule has 1 aliphatic heterocycles. The Morgan fingerprint density at radius 3 is 2.69 bits per heavy atom. The highest BCUT2D eigenvalue weighted by Crippen LogP contribution is 2.28. The van der Waals surface area contributed by atoms with E-state index in [0.717, 1.165) is 6.54 Å². The monoisotopic (exact) mass is 405 g/mol. The van der Waals surface area contributed by atoms with Crippen LogP contribution in [0.2, 0.25) is 5.02 Å². The maximum atomic E-state index is 12.1. The molecule has 0 radical (unpaired) electrons. The summed E-state index contributed by atoms with van der Waals surface area (Å²) < 4.78 is 10.9. The molecular weight excluding hydrogens is 381 g/mol. The zero-order valence-electron chi connectivity index (χ0n) is 14.9. The van der Waals surface area contributed by atoms with Crippen LogP contribution < -0.4 is 15.4 Å². The van der Waals surface area contributed by atoms with Gasteiger partial charge in [-0.25, -0.2) is 0 Å². The number of anilines is 1. The van der Waals surface area contributed by atoms with Gasteiger partial charge in [0, 0.05) is 31.9 Å². The number of halogens is 2. The third-order valence-corrected chi connectivity index (χ3v) is 4.18. The molecule has 1 unspecified atom stereocenters. The van der Waals surface area contributed by atoms with Crippen LogP contribution in [-0.2, 0) is 14.3 Å². The summed E-state index contributed by atoms with van der Waals surface area (Å²) in [7, 11) is 0. The summed E-state index contributed by atoms with van der Waals surface area (Å²) in [4.78, 5) is 25.8. The molecule has 146 valence electrons. The lowest BCUT2D eigenvalue weighted by atomic mass is 10.2. The maximum Gasteiger partial charge on any atom is 0.260 e. The number of nitrogens with zero attached hydrogens (tertiary/aromatic N) is 1. The first kappa shape index (κ1) is 22.5. The largest absolute Gasteiger partial charge is 0.482 e. The summed E-state index contributed by atoms with van der Waals surface area (Å²) in [6.45, 7) is 6.75. The number of hydrogen-bond acceptors (Lipinski definition) is 5. The van der Waals surface area contributed by atoms with E-state index in [4.69, 9.17) is 21.1 Å². The molecule has 0 aromatic heterocycles. The van der Waals surface area contributed by atoms with Gasteiger partial charge in [0.15, 0.2) is 6.61 Å². The van der Waals surface area contributed by atoms with Crippen LogP contribution in [0.4, 0.5) is 5.69 Å². The van der Waals surface area contributed by atoms with Crippen molar-refractivity contribution < 1.29 is 19.1 Å². The van der Waals surface area contributed by atoms with Crippen LogP contribution >= 0.6 is 24.0 Å². The number of ether oxygens (including phenoxy) is 2. The Hall–Kier alpha value is -1.54. The summed E-state index contributed by atoms with van der Waals surface area (Å²) in [5.41, 5.74) is 0.548. The Morgan fingerprint density at radius 1 is 1.38 bits per heavy atom. The van der Waals surface area contributed by atoms with E-state index >= 15 is 0 Å². The van der Waals surface area contributed by atoms with Gasteiger partial charge >= 0.3 is 0 Å². The van der Waals surface area contributed by atoms with Crippen molar-refractivity contribution in [3.05, 3.63) is 23.2 Å². The second-order valence-electron chi connectivity index (χ2n) is 5.55. The van der Waals surface area contributed by atoms with Crippen molar-refractivity contribution in [2.24, 2.45) is 0 Å². The van der Waals surface area contributed by atoms with Crippen molar-refractivity contribution >= 4 is 41.5 Å². The van der Waals surface area contributed by atoms with E-state index in [9.17, 15) is 9.59 Å². The maximum absolute atomic E-state index is 12.1. The Morgan fingerprint density at radius 2 is 2.12 bits per heavy atom. The minimum absolute atomic E-state index is 0. The van der Waals surface area contributed by atoms with Crippen molar-refractivity contribution in [1.29, 1.82) is 0 Å². The molecular formula is C17H25Cl2N3O4. The van der Waals surface area contributed by atoms with E-state index in [-0.39, 0.29) is 30.8 Å². The zero-order chi connectivity index (χ0) is 18.2. The van der Waals surface area contributed by atoms with Gasteiger partial charge in [-0.3, -0.25) is 9.59 Å². The van der Waals surface area contributed by atoms with Crippen molar-refractivity contribution in [2.45, 2.75) is 20.0 Å². The zero-order valence-corrected chi connectivity index (χ0v) is 16.5. The molecule has 1 aliphatic rings. The van der Waals surface area contributed by atoms with Crippen molar-refractivity contribution in [2.75, 3.05) is 44.7 Å². The summed E-state index contributed by atoms with van der Waals surface area (Å²) in [6.07, 6.45) is -0.518. The van der Waals surface area contributed by atoms with E-state index in [0.29, 0.717) is 42.7 Å². The molecule has 0 bridgehead atoms. The fraction of sp³-hybridized carbons (Fsp3) is 0.529. The molecule has 7 nitrogen and oxygen atoms in total. The number of rotatable bonds is 7. The number of carbonyl (C=O) groups excluding carboxylic acids is 2. The average molecular weight is 406 g/mol. The third-order valence-electron chi connectivity index (χ3n) is 3.89. The lowest BCUT2D eigenvalue weighted by Crippen LogP contribution is -2.45. The number of amides is 2. The van der Waals surface area contributed by atoms with Crippen molar-refractivity contribution in [1.82, 2.24) is 10.2 Å². The topological polar surface area (TPSA) is 79.9 Å². The van der Waals surface area contributed by atoms with E-state index in [1.807, 2.05) is 13.8 Å². The predicted molar refractivity (Wildman–Crippen MR) is 103 cm³/mol. The summed E-state index contributed by atoms with van der Waals surface area (Å²) in [6, 6.07) is 4.90. The lowest BCUT2D eigenvalue weighted by molar-refractivity contribution is -0.133. The minimum atomic E-state index is -0.518. The van der Waals surface area contributed by atoms with Gasteiger partial charge in [-0.15, -0.1) is 12.4 Å². The third kappa shape index (κ3) is 6.32. The van der Waals surface area contributed by atoms with Gasteiger partial charge in [-0.2, -0.15) is 0 Å². The molecule has 0 spiro atoms. The molecule has 2 rings (SSSR count). The number of nitrogens with one attached hydrogen (secondary N) is 2. The minimum Gasteiger partial charge on any atom is -0.482 e. The van der Waals surface area contributed by atoms with Gasteiger partial charge in [0.05, 0.1) is 11.6 Å². The van der Waals surface area contributed by atoms with Gasteiger partial charge in [-0.1, -0.05) is 11.6 Å². The van der Waals surface area contributed by atoms with Crippen molar-refractivity contribution in [3.8, 4) is 5.75 Å². The molecule has 9 heteroatoms. The second-order valence-corrected chi connectivity index (χ2v) is 5.96. The number of likely N-dealkylation sites (N-methyl/N-ethyl adjacent to an activating group) is 1. The van der Waals surface area contributed by atoms with Crippen molar-refractivity contribution in [3.63, 3.8) is 0 Å². The average Bonchev–Trinajstić information content (AvgIpc) is 2.62. The van der Waals surface area contributed by atoms with Crippen LogP contribution in [0.3, 0.4) is 0 Å². The normalized spacial score (nSPS) is 16.3. The number of benzene rings is 1. The van der Waals surface area contributed by atoms with Crippen LogP contribution in [0, 0.1) is 0 Å². The number of carbonyl (C=O) groups is 2. The smallest absolute Gasteiger partial charge is 0.260 e. The quantitative estimate of drug-likeness (QED) is 0.724. The van der Waals surface area contributed by atoms with Gasteiger partial charge in [0.1, 0.15) is 11.9 Å². The highest BCUT2D eigenvalue weighted by Gasteiger charge is 2.22. The molecule has 2 amide bonds. The summed E-state index contributed by atoms with van der Waals surface area (Å²) in [5, 5.41) is 6.19. The van der Waals surface area contributed by atoms with Gasteiger partial charge in [0.2, 0.25) is 0 Å². The number of morpholine rings is 1. The Kier molecular flexibility index (Phi) is 9.72. The highest BCUT2D eigenvalue weighted by atomic mass is 35.5. The fourth-order valence-corrected chi connectivity index (χ4v) is 2.69. The van der Waals surface area contributed by atoms with E-state index in [1.165, 1.54) is 0 Å². The fourth-order valence-electron chi connectivity index (χ4n) is 2.46. The first-order valence-corrected chi connectivity index (χ1v) is 8.76. The molecule has 2 N–H and O–H groups in total. The van der Waals surface area contributed by atoms with Crippen LogP contribution in [-0.4, -0.2) is 62.2 Å². The summed E-state index contributed by atoms with van der Waals surface area (Å²) >= 11 is 6.18. The number of hydrogen-bond donors (Lipinski definition) is 2. The SMILES string of the molecule is CCN(CC)C(=O)COc1ccc(NC(=O)C2CNCCO2)cc1Cl.Cl. The first-order chi connectivity index (χ1) is 12.0. The molecule has 1 aromatic rings. The summed E-state index contributed by atoms with van der Waals surface area (Å²) in [5.74, 6) is 0.0739. The molecule has 0 aliphatic carbocycles. The molecule has 1 fully saturated rings. The van der Waals surface area contributed by atoms with Gasteiger partial charge in [0.25, 0.3) is 11.8 Å². The Balaban J connectivity index is 0.00000338. The second kappa shape index (κ2) is 11.2. The first-order valence-electron chi connectivity index (χ1n) is 8.38. The van der Waals surface area contributed by atoms with Gasteiger partial charge < -0.3 is 25.0 Å². The lowest BCUT2D eigenvalue weighted by Gasteiger charge is -2.22. The van der Waals surface area contributed by atoms with Crippen LogP contribution in [0.15, 0.2) is 18.2 Å². The van der Waals surface area contributed by atoms with E-state index in [1.54, 1.807) is 23.1 Å². The van der Waals surface area contributed by atoms with Crippen LogP contribution in [0.1, 0.15) is 13.8 Å². The molecule has 0 saturated carbocycles. The van der Waals surface area contributed by atoms with E-state index < -0.39 is 6.10 Å². The van der Waals surface area contributed by atoms with Gasteiger partial charge in [-0.05, 0) is 32.0 Å². The van der Waals surface area contributed by atoms with E-state index in [2.05, 4.69) is 10.6 Å². The standard InChI is InChI=1S/C17H24ClN3O4.ClH/c1-3-21(4-2)16(22)11-25-14-6-5-12(9-13(14)18)20-17(23)15-10-19-7-8-24-15;/h5-6,9,15,19H,3-4,7-8,10-11H2,1-2H3,(H,20,23);1H. The van der Waals surface area contributed by atoms with Crippen LogP contribution in [0.25, 0.3) is 0 Å². The molecule has 1 heterocycles. The highest BCUT2D eigenvalue weighted by molar-refractivity contribution is 6.32.